The molecular formula is C26H31N3O5. The summed E-state index contributed by atoms with van der Waals surface area (Å²) >= 11 is 0. The highest BCUT2D eigenvalue weighted by Crippen LogP contribution is 2.44. The number of hydrogen-bond acceptors (Lipinski definition) is 5. The molecule has 0 spiro atoms. The number of aliphatic carboxylic acids is 1. The molecule has 1 saturated heterocycles. The lowest BCUT2D eigenvalue weighted by molar-refractivity contribution is -0.146. The van der Waals surface area contributed by atoms with Crippen molar-refractivity contribution < 1.29 is 24.2 Å². The molecule has 2 aromatic carbocycles. The van der Waals surface area contributed by atoms with Crippen LogP contribution >= 0.6 is 0 Å². The number of amides is 2. The second-order valence-electron chi connectivity index (χ2n) is 9.25. The van der Waals surface area contributed by atoms with Gasteiger partial charge in [0.2, 0.25) is 5.91 Å². The van der Waals surface area contributed by atoms with Crippen LogP contribution in [0.3, 0.4) is 0 Å². The van der Waals surface area contributed by atoms with Crippen molar-refractivity contribution in [3.63, 3.8) is 0 Å². The quantitative estimate of drug-likeness (QED) is 0.653. The van der Waals surface area contributed by atoms with Gasteiger partial charge in [-0.1, -0.05) is 48.5 Å². The molecule has 1 heterocycles. The number of ether oxygens (including phenoxy) is 1. The van der Waals surface area contributed by atoms with Crippen molar-refractivity contribution in [2.45, 2.75) is 24.8 Å². The first-order valence-corrected chi connectivity index (χ1v) is 11.6. The number of alkyl carbamates (subject to hydrolysis) is 1. The van der Waals surface area contributed by atoms with Crippen molar-refractivity contribution in [2.24, 2.45) is 5.92 Å². The number of benzene rings is 2. The van der Waals surface area contributed by atoms with Crippen molar-refractivity contribution in [1.82, 2.24) is 15.1 Å². The molecule has 0 saturated carbocycles. The van der Waals surface area contributed by atoms with Gasteiger partial charge in [-0.05, 0) is 49.2 Å². The number of likely N-dealkylation sites (N-methyl/N-ethyl adjacent to an activating group) is 1. The molecule has 1 fully saturated rings. The molecule has 8 nitrogen and oxygen atoms in total. The van der Waals surface area contributed by atoms with E-state index in [-0.39, 0.29) is 31.5 Å². The number of carbonyl (C=O) groups is 3. The normalized spacial score (nSPS) is 18.2. The van der Waals surface area contributed by atoms with E-state index in [9.17, 15) is 19.5 Å². The number of piperidine rings is 1. The Kier molecular flexibility index (Phi) is 7.17. The molecule has 1 aliphatic heterocycles. The Balaban J connectivity index is 1.42. The standard InChI is InChI=1S/C26H31N3O5/c1-28(2)15-23(24(30)29-13-7-8-17(14-29)25(31)32)27-26(33)34-16-22-20-11-5-3-9-18(20)19-10-4-6-12-21(19)22/h3-6,9-12,17,22-23H,7-8,13-16H2,1-2H3,(H,27,33)(H,31,32)/t17?,23-/m0/s1. The number of likely N-dealkylation sites (tertiary alicyclic amines) is 1. The van der Waals surface area contributed by atoms with Crippen molar-refractivity contribution >= 4 is 18.0 Å². The monoisotopic (exact) mass is 465 g/mol. The Bertz CT molecular complexity index is 1020. The summed E-state index contributed by atoms with van der Waals surface area (Å²) in [7, 11) is 3.63. The fourth-order valence-electron chi connectivity index (χ4n) is 4.93. The van der Waals surface area contributed by atoms with Gasteiger partial charge in [0, 0.05) is 25.6 Å². The van der Waals surface area contributed by atoms with Crippen LogP contribution in [0.25, 0.3) is 11.1 Å². The minimum absolute atomic E-state index is 0.0698. The van der Waals surface area contributed by atoms with Crippen LogP contribution in [0.2, 0.25) is 0 Å². The maximum Gasteiger partial charge on any atom is 0.407 e. The number of rotatable bonds is 7. The SMILES string of the molecule is CN(C)C[C@H](NC(=O)OCC1c2ccccc2-c2ccccc21)C(=O)N1CCCC(C(=O)O)C1. The van der Waals surface area contributed by atoms with Crippen molar-refractivity contribution in [3.8, 4) is 11.1 Å². The maximum atomic E-state index is 13.2. The van der Waals surface area contributed by atoms with Gasteiger partial charge in [-0.15, -0.1) is 0 Å². The largest absolute Gasteiger partial charge is 0.481 e. The fourth-order valence-corrected chi connectivity index (χ4v) is 4.93. The second kappa shape index (κ2) is 10.3. The molecule has 4 rings (SSSR count). The van der Waals surface area contributed by atoms with Crippen LogP contribution in [-0.4, -0.2) is 79.3 Å². The number of nitrogens with zero attached hydrogens (tertiary/aromatic N) is 2. The number of nitrogens with one attached hydrogen (secondary N) is 1. The molecule has 1 aliphatic carbocycles. The highest BCUT2D eigenvalue weighted by Gasteiger charge is 2.34. The zero-order valence-electron chi connectivity index (χ0n) is 19.6. The summed E-state index contributed by atoms with van der Waals surface area (Å²) in [5.74, 6) is -1.83. The van der Waals surface area contributed by atoms with E-state index < -0.39 is 24.0 Å². The third-order valence-electron chi connectivity index (χ3n) is 6.56. The van der Waals surface area contributed by atoms with Crippen LogP contribution in [0.5, 0.6) is 0 Å². The highest BCUT2D eigenvalue weighted by molar-refractivity contribution is 5.86. The first kappa shape index (κ1) is 23.8. The Morgan fingerprint density at radius 1 is 1.09 bits per heavy atom. The molecule has 34 heavy (non-hydrogen) atoms. The molecule has 0 bridgehead atoms. The molecule has 8 heteroatoms. The number of carbonyl (C=O) groups excluding carboxylic acids is 2. The van der Waals surface area contributed by atoms with Crippen LogP contribution in [0.1, 0.15) is 29.9 Å². The molecular weight excluding hydrogens is 434 g/mol. The van der Waals surface area contributed by atoms with Gasteiger partial charge in [0.15, 0.2) is 0 Å². The van der Waals surface area contributed by atoms with E-state index in [1.165, 1.54) is 0 Å². The van der Waals surface area contributed by atoms with Gasteiger partial charge >= 0.3 is 12.1 Å². The van der Waals surface area contributed by atoms with E-state index in [1.807, 2.05) is 43.3 Å². The predicted octanol–water partition coefficient (Wildman–Crippen LogP) is 2.78. The van der Waals surface area contributed by atoms with E-state index in [1.54, 1.807) is 4.90 Å². The Hall–Kier alpha value is -3.39. The van der Waals surface area contributed by atoms with Crippen LogP contribution in [0.4, 0.5) is 4.79 Å². The van der Waals surface area contributed by atoms with Crippen LogP contribution in [0, 0.1) is 5.92 Å². The smallest absolute Gasteiger partial charge is 0.407 e. The first-order valence-electron chi connectivity index (χ1n) is 11.6. The first-order chi connectivity index (χ1) is 16.3. The van der Waals surface area contributed by atoms with Gasteiger partial charge in [-0.3, -0.25) is 9.59 Å². The Labute approximate surface area is 199 Å². The van der Waals surface area contributed by atoms with Gasteiger partial charge in [-0.25, -0.2) is 4.79 Å². The molecule has 2 aliphatic rings. The Morgan fingerprint density at radius 2 is 1.71 bits per heavy atom. The highest BCUT2D eigenvalue weighted by atomic mass is 16.5. The number of carboxylic acids is 1. The van der Waals surface area contributed by atoms with E-state index in [2.05, 4.69) is 29.6 Å². The summed E-state index contributed by atoms with van der Waals surface area (Å²) < 4.78 is 5.62. The summed E-state index contributed by atoms with van der Waals surface area (Å²) in [6.45, 7) is 1.09. The van der Waals surface area contributed by atoms with Crippen LogP contribution in [0.15, 0.2) is 48.5 Å². The topological polar surface area (TPSA) is 99.2 Å². The fraction of sp³-hybridized carbons (Fsp3) is 0.423. The predicted molar refractivity (Wildman–Crippen MR) is 127 cm³/mol. The lowest BCUT2D eigenvalue weighted by atomic mass is 9.97. The summed E-state index contributed by atoms with van der Waals surface area (Å²) in [5, 5.41) is 12.1. The summed E-state index contributed by atoms with van der Waals surface area (Å²) in [6.07, 6.45) is 0.522. The average Bonchev–Trinajstić information content (AvgIpc) is 3.15. The van der Waals surface area contributed by atoms with Crippen LogP contribution < -0.4 is 5.32 Å². The van der Waals surface area contributed by atoms with Gasteiger partial charge in [0.05, 0.1) is 5.92 Å². The van der Waals surface area contributed by atoms with Gasteiger partial charge in [0.1, 0.15) is 12.6 Å². The summed E-state index contributed by atoms with van der Waals surface area (Å²) in [4.78, 5) is 40.7. The zero-order chi connectivity index (χ0) is 24.2. The van der Waals surface area contributed by atoms with Gasteiger partial charge in [-0.2, -0.15) is 0 Å². The summed E-state index contributed by atoms with van der Waals surface area (Å²) in [6, 6.07) is 15.4. The maximum absolute atomic E-state index is 13.2. The zero-order valence-corrected chi connectivity index (χ0v) is 19.6. The third kappa shape index (κ3) is 5.07. The minimum Gasteiger partial charge on any atom is -0.481 e. The number of fused-ring (bicyclic) bond motifs is 3. The molecule has 1 unspecified atom stereocenters. The molecule has 2 amide bonds. The van der Waals surface area contributed by atoms with Crippen molar-refractivity contribution in [1.29, 1.82) is 0 Å². The van der Waals surface area contributed by atoms with Gasteiger partial charge in [0.25, 0.3) is 0 Å². The lowest BCUT2D eigenvalue weighted by Crippen LogP contribution is -2.55. The number of carboxylic acid groups (broad SMARTS) is 1. The second-order valence-corrected chi connectivity index (χ2v) is 9.25. The molecule has 0 aromatic heterocycles. The van der Waals surface area contributed by atoms with Crippen LogP contribution in [-0.2, 0) is 14.3 Å². The Morgan fingerprint density at radius 3 is 2.29 bits per heavy atom. The number of hydrogen-bond donors (Lipinski definition) is 2. The van der Waals surface area contributed by atoms with E-state index >= 15 is 0 Å². The van der Waals surface area contributed by atoms with Crippen molar-refractivity contribution in [2.75, 3.05) is 40.3 Å². The third-order valence-corrected chi connectivity index (χ3v) is 6.56. The van der Waals surface area contributed by atoms with E-state index in [0.717, 1.165) is 22.3 Å². The molecule has 180 valence electrons. The average molecular weight is 466 g/mol. The van der Waals surface area contributed by atoms with E-state index in [4.69, 9.17) is 4.74 Å². The van der Waals surface area contributed by atoms with Gasteiger partial charge < -0.3 is 25.0 Å². The minimum atomic E-state index is -0.897. The molecule has 0 radical (unpaired) electrons. The van der Waals surface area contributed by atoms with Crippen molar-refractivity contribution in [3.05, 3.63) is 59.7 Å². The molecule has 2 atom stereocenters. The lowest BCUT2D eigenvalue weighted by Gasteiger charge is -2.34. The van der Waals surface area contributed by atoms with E-state index in [0.29, 0.717) is 19.4 Å². The molecule has 2 N–H and O–H groups in total. The molecule has 2 aromatic rings. The summed E-state index contributed by atoms with van der Waals surface area (Å²) in [5.41, 5.74) is 4.52.